The van der Waals surface area contributed by atoms with Crippen LogP contribution in [0.25, 0.3) is 0 Å². The van der Waals surface area contributed by atoms with Crippen LogP contribution in [0.3, 0.4) is 0 Å². The molecule has 0 fully saturated rings. The number of allylic oxidation sites excluding steroid dienone is 19. The zero-order chi connectivity index (χ0) is 52.7. The van der Waals surface area contributed by atoms with Gasteiger partial charge in [0.2, 0.25) is 5.91 Å². The van der Waals surface area contributed by atoms with Gasteiger partial charge in [0.25, 0.3) is 0 Å². The number of likely N-dealkylation sites (N-methyl/N-ethyl adjacent to an activating group) is 1. The Kier molecular flexibility index (Phi) is 50.5. The van der Waals surface area contributed by atoms with E-state index >= 15 is 0 Å². The smallest absolute Gasteiger partial charge is 0.387 e. The standard InChI is InChI=1S/C63H109N2O6P/c1-6-8-10-12-14-16-18-20-22-24-26-27-28-29-30-31-32-33-34-35-36-37-39-41-43-45-47-49-51-53-55-57-63(67)64-61(60-71-72(68,69)70-59-58-65(3,4)5)62(66)56-54-52-50-48-46-44-42-40-38-25-23-21-19-17-15-13-11-9-7-2/h8,10,14,16,20,22,26-27,29-30,32-33,35-36,38,40,46,48,54,56,61-62,66H,6-7,9,11-13,15,17-19,21,23-25,28,31,34,37,39,41-45,47,49-53,55,57-60H2,1-5H3,(H-,64,67,68,69)/p+1/b10-8-,16-14-,22-20-,27-26-,30-29-,33-32-,36-35-,40-38+,48-46+,56-54+. The van der Waals surface area contributed by atoms with E-state index in [4.69, 9.17) is 9.05 Å². The zero-order valence-corrected chi connectivity index (χ0v) is 47.8. The molecular formula is C63H110N2O6P+. The van der Waals surface area contributed by atoms with Crippen molar-refractivity contribution in [2.45, 2.75) is 231 Å². The second-order valence-corrected chi connectivity index (χ2v) is 21.7. The highest BCUT2D eigenvalue weighted by molar-refractivity contribution is 7.47. The summed E-state index contributed by atoms with van der Waals surface area (Å²) in [6.45, 7) is 4.65. The third kappa shape index (κ3) is 54.7. The molecule has 0 radical (unpaired) electrons. The summed E-state index contributed by atoms with van der Waals surface area (Å²) in [5, 5.41) is 13.9. The molecule has 0 aliphatic heterocycles. The minimum Gasteiger partial charge on any atom is -0.387 e. The number of aliphatic hydroxyl groups is 1. The largest absolute Gasteiger partial charge is 0.472 e. The molecule has 0 aromatic carbocycles. The fourth-order valence-electron chi connectivity index (χ4n) is 7.64. The van der Waals surface area contributed by atoms with Gasteiger partial charge in [0.15, 0.2) is 0 Å². The third-order valence-electron chi connectivity index (χ3n) is 12.1. The van der Waals surface area contributed by atoms with Crippen LogP contribution in [0.4, 0.5) is 0 Å². The summed E-state index contributed by atoms with van der Waals surface area (Å²) in [7, 11) is 1.53. The Morgan fingerprint density at radius 3 is 1.28 bits per heavy atom. The highest BCUT2D eigenvalue weighted by atomic mass is 31.2. The molecule has 0 aromatic rings. The number of aliphatic hydroxyl groups excluding tert-OH is 1. The maximum absolute atomic E-state index is 13.0. The number of carbonyl (C=O) groups is 1. The average molecular weight is 1020 g/mol. The lowest BCUT2D eigenvalue weighted by Gasteiger charge is -2.25. The highest BCUT2D eigenvalue weighted by Crippen LogP contribution is 2.43. The first-order chi connectivity index (χ1) is 35.0. The number of nitrogens with zero attached hydrogens (tertiary/aromatic N) is 1. The summed E-state index contributed by atoms with van der Waals surface area (Å²) in [5.74, 6) is -0.202. The van der Waals surface area contributed by atoms with Crippen LogP contribution in [0.2, 0.25) is 0 Å². The van der Waals surface area contributed by atoms with Crippen LogP contribution in [0, 0.1) is 0 Å². The number of unbranched alkanes of at least 4 members (excludes halogenated alkanes) is 20. The lowest BCUT2D eigenvalue weighted by molar-refractivity contribution is -0.870. The molecule has 0 aromatic heterocycles. The van der Waals surface area contributed by atoms with Gasteiger partial charge in [-0.2, -0.15) is 0 Å². The van der Waals surface area contributed by atoms with E-state index in [0.29, 0.717) is 17.4 Å². The Hall–Kier alpha value is -3.10. The molecule has 0 saturated heterocycles. The van der Waals surface area contributed by atoms with Gasteiger partial charge in [-0.15, -0.1) is 0 Å². The minimum atomic E-state index is -4.37. The molecule has 0 rings (SSSR count). The van der Waals surface area contributed by atoms with E-state index in [1.54, 1.807) is 6.08 Å². The molecule has 0 spiro atoms. The molecule has 8 nitrogen and oxygen atoms in total. The van der Waals surface area contributed by atoms with Gasteiger partial charge >= 0.3 is 7.82 Å². The number of hydrogen-bond acceptors (Lipinski definition) is 5. The SMILES string of the molecule is CC/C=C\C/C=C\C/C=C\C/C=C\C/C=C\C/C=C\C/C=C\CCCCCCCCCCCC(=O)NC(COP(=O)(O)OCC[N+](C)(C)C)C(O)/C=C/CC/C=C/CC/C=C/CCCCCCCCCCC. The van der Waals surface area contributed by atoms with Gasteiger partial charge in [-0.05, 0) is 103 Å². The lowest BCUT2D eigenvalue weighted by Crippen LogP contribution is -2.45. The summed E-state index contributed by atoms with van der Waals surface area (Å²) in [6.07, 6.45) is 78.7. The number of hydrogen-bond donors (Lipinski definition) is 3. The first kappa shape index (κ1) is 68.9. The molecule has 0 aliphatic rings. The number of rotatable bonds is 51. The summed E-state index contributed by atoms with van der Waals surface area (Å²) >= 11 is 0. The van der Waals surface area contributed by atoms with Crippen molar-refractivity contribution < 1.29 is 32.9 Å². The van der Waals surface area contributed by atoms with Crippen LogP contribution in [-0.2, 0) is 18.4 Å². The van der Waals surface area contributed by atoms with Crippen LogP contribution in [0.5, 0.6) is 0 Å². The second kappa shape index (κ2) is 52.8. The summed E-state index contributed by atoms with van der Waals surface area (Å²) in [6, 6.07) is -0.882. The molecule has 3 atom stereocenters. The fourth-order valence-corrected chi connectivity index (χ4v) is 8.38. The quantitative estimate of drug-likeness (QED) is 0.0243. The number of phosphoric acid groups is 1. The van der Waals surface area contributed by atoms with Crippen molar-refractivity contribution in [1.29, 1.82) is 0 Å². The zero-order valence-electron chi connectivity index (χ0n) is 46.9. The first-order valence-corrected chi connectivity index (χ1v) is 30.4. The predicted octanol–water partition coefficient (Wildman–Crippen LogP) is 17.8. The maximum Gasteiger partial charge on any atom is 0.472 e. The molecule has 0 heterocycles. The number of carbonyl (C=O) groups excluding carboxylic acids is 1. The van der Waals surface area contributed by atoms with E-state index in [-0.39, 0.29) is 19.1 Å². The van der Waals surface area contributed by atoms with Crippen LogP contribution in [-0.4, -0.2) is 73.4 Å². The molecule has 0 saturated carbocycles. The Morgan fingerprint density at radius 1 is 0.486 bits per heavy atom. The Morgan fingerprint density at radius 2 is 0.847 bits per heavy atom. The van der Waals surface area contributed by atoms with E-state index in [1.807, 2.05) is 27.2 Å². The van der Waals surface area contributed by atoms with Gasteiger partial charge in [-0.25, -0.2) is 4.57 Å². The molecule has 412 valence electrons. The maximum atomic E-state index is 13.0. The van der Waals surface area contributed by atoms with E-state index in [0.717, 1.165) is 96.3 Å². The molecular weight excluding hydrogens is 912 g/mol. The van der Waals surface area contributed by atoms with Crippen LogP contribution < -0.4 is 5.32 Å². The van der Waals surface area contributed by atoms with Crippen molar-refractivity contribution in [1.82, 2.24) is 5.32 Å². The average Bonchev–Trinajstić information content (AvgIpc) is 3.34. The molecule has 0 aliphatic carbocycles. The van der Waals surface area contributed by atoms with Gasteiger partial charge in [0, 0.05) is 6.42 Å². The highest BCUT2D eigenvalue weighted by Gasteiger charge is 2.27. The Balaban J connectivity index is 4.29. The molecule has 3 unspecified atom stereocenters. The summed E-state index contributed by atoms with van der Waals surface area (Å²) in [5.41, 5.74) is 0. The van der Waals surface area contributed by atoms with E-state index < -0.39 is 20.0 Å². The van der Waals surface area contributed by atoms with Gasteiger partial charge in [-0.1, -0.05) is 232 Å². The van der Waals surface area contributed by atoms with Gasteiger partial charge in [0.05, 0.1) is 39.9 Å². The number of amides is 1. The van der Waals surface area contributed by atoms with Gasteiger partial charge in [-0.3, -0.25) is 13.8 Å². The summed E-state index contributed by atoms with van der Waals surface area (Å²) in [4.78, 5) is 23.3. The Bertz CT molecular complexity index is 1580. The topological polar surface area (TPSA) is 105 Å². The van der Waals surface area contributed by atoms with E-state index in [9.17, 15) is 19.4 Å². The van der Waals surface area contributed by atoms with Gasteiger partial charge in [0.1, 0.15) is 13.2 Å². The third-order valence-corrected chi connectivity index (χ3v) is 13.1. The van der Waals surface area contributed by atoms with Crippen molar-refractivity contribution in [2.75, 3.05) is 40.9 Å². The minimum absolute atomic E-state index is 0.0460. The lowest BCUT2D eigenvalue weighted by atomic mass is 10.1. The van der Waals surface area contributed by atoms with E-state index in [2.05, 4.69) is 129 Å². The van der Waals surface area contributed by atoms with Crippen molar-refractivity contribution in [3.8, 4) is 0 Å². The van der Waals surface area contributed by atoms with Crippen molar-refractivity contribution in [3.63, 3.8) is 0 Å². The van der Waals surface area contributed by atoms with Crippen LogP contribution >= 0.6 is 7.82 Å². The molecule has 9 heteroatoms. The predicted molar refractivity (Wildman–Crippen MR) is 313 cm³/mol. The van der Waals surface area contributed by atoms with Crippen molar-refractivity contribution in [2.24, 2.45) is 0 Å². The second-order valence-electron chi connectivity index (χ2n) is 20.3. The van der Waals surface area contributed by atoms with Gasteiger partial charge < -0.3 is 19.8 Å². The molecule has 3 N–H and O–H groups in total. The number of phosphoric ester groups is 1. The molecule has 72 heavy (non-hydrogen) atoms. The van der Waals surface area contributed by atoms with Crippen molar-refractivity contribution >= 4 is 13.7 Å². The normalized spacial score (nSPS) is 14.8. The van der Waals surface area contributed by atoms with E-state index in [1.165, 1.54) is 103 Å². The van der Waals surface area contributed by atoms with Crippen molar-refractivity contribution in [3.05, 3.63) is 122 Å². The Labute approximate surface area is 444 Å². The van der Waals surface area contributed by atoms with Crippen LogP contribution in [0.15, 0.2) is 122 Å². The fraction of sp³-hybridized carbons (Fsp3) is 0.667. The number of nitrogens with one attached hydrogen (secondary N) is 1. The summed E-state index contributed by atoms with van der Waals surface area (Å²) < 4.78 is 23.7. The molecule has 0 bridgehead atoms. The first-order valence-electron chi connectivity index (χ1n) is 28.9. The molecule has 1 amide bonds. The van der Waals surface area contributed by atoms with Crippen LogP contribution in [0.1, 0.15) is 219 Å². The number of quaternary nitrogens is 1. The monoisotopic (exact) mass is 1020 g/mol.